The van der Waals surface area contributed by atoms with Crippen LogP contribution in [0.25, 0.3) is 0 Å². The van der Waals surface area contributed by atoms with Gasteiger partial charge in [0.15, 0.2) is 0 Å². The zero-order chi connectivity index (χ0) is 13.2. The van der Waals surface area contributed by atoms with Crippen molar-refractivity contribution in [2.24, 2.45) is 0 Å². The molecular formula is C13H18FNO2. The Bertz CT molecular complexity index is 427. The Hall–Kier alpha value is -1.42. The topological polar surface area (TPSA) is 49.3 Å². The second-order valence-corrected chi connectivity index (χ2v) is 4.84. The predicted octanol–water partition coefficient (Wildman–Crippen LogP) is 2.02. The van der Waals surface area contributed by atoms with Crippen LogP contribution < -0.4 is 5.32 Å². The molecule has 17 heavy (non-hydrogen) atoms. The number of aliphatic hydroxyl groups excluding tert-OH is 1. The van der Waals surface area contributed by atoms with E-state index in [1.807, 2.05) is 0 Å². The lowest BCUT2D eigenvalue weighted by Gasteiger charge is -2.29. The number of hydrogen-bond donors (Lipinski definition) is 2. The number of amides is 1. The summed E-state index contributed by atoms with van der Waals surface area (Å²) in [7, 11) is 0. The maximum absolute atomic E-state index is 13.5. The smallest absolute Gasteiger partial charge is 0.254 e. The van der Waals surface area contributed by atoms with Crippen LogP contribution in [0.1, 0.15) is 36.7 Å². The molecule has 0 radical (unpaired) electrons. The van der Waals surface area contributed by atoms with Crippen molar-refractivity contribution in [3.05, 3.63) is 35.1 Å². The van der Waals surface area contributed by atoms with Crippen molar-refractivity contribution in [2.75, 3.05) is 0 Å². The van der Waals surface area contributed by atoms with Crippen LogP contribution in [0.15, 0.2) is 18.2 Å². The maximum Gasteiger partial charge on any atom is 0.254 e. The molecule has 2 N–H and O–H groups in total. The van der Waals surface area contributed by atoms with Gasteiger partial charge >= 0.3 is 0 Å². The minimum absolute atomic E-state index is 0.00118. The number of carbonyl (C=O) groups is 1. The van der Waals surface area contributed by atoms with Crippen LogP contribution in [0, 0.1) is 12.7 Å². The van der Waals surface area contributed by atoms with Crippen molar-refractivity contribution in [2.45, 2.75) is 39.3 Å². The molecule has 1 aromatic rings. The van der Waals surface area contributed by atoms with Gasteiger partial charge in [-0.1, -0.05) is 11.6 Å². The van der Waals surface area contributed by atoms with Gasteiger partial charge in [0.2, 0.25) is 0 Å². The summed E-state index contributed by atoms with van der Waals surface area (Å²) in [6.45, 7) is 6.73. The third-order valence-corrected chi connectivity index (χ3v) is 2.85. The fourth-order valence-electron chi connectivity index (χ4n) is 1.28. The lowest BCUT2D eigenvalue weighted by atomic mass is 9.98. The van der Waals surface area contributed by atoms with Gasteiger partial charge in [-0.3, -0.25) is 4.79 Å². The van der Waals surface area contributed by atoms with Crippen LogP contribution in [0.2, 0.25) is 0 Å². The average molecular weight is 239 g/mol. The number of halogens is 1. The Morgan fingerprint density at radius 2 is 2.06 bits per heavy atom. The van der Waals surface area contributed by atoms with Crippen molar-refractivity contribution < 1.29 is 14.3 Å². The highest BCUT2D eigenvalue weighted by molar-refractivity contribution is 5.95. The average Bonchev–Trinajstić information content (AvgIpc) is 2.20. The molecule has 0 aromatic heterocycles. The van der Waals surface area contributed by atoms with Crippen molar-refractivity contribution in [1.29, 1.82) is 0 Å². The van der Waals surface area contributed by atoms with E-state index in [4.69, 9.17) is 0 Å². The number of hydrogen-bond acceptors (Lipinski definition) is 2. The summed E-state index contributed by atoms with van der Waals surface area (Å²) in [5.41, 5.74) is 0.0120. The number of aliphatic hydroxyl groups is 1. The van der Waals surface area contributed by atoms with E-state index in [9.17, 15) is 14.3 Å². The quantitative estimate of drug-likeness (QED) is 0.847. The molecule has 1 aromatic carbocycles. The molecule has 0 saturated heterocycles. The summed E-state index contributed by atoms with van der Waals surface area (Å²) >= 11 is 0. The minimum Gasteiger partial charge on any atom is -0.391 e. The fourth-order valence-corrected chi connectivity index (χ4v) is 1.28. The number of aryl methyl sites for hydroxylation is 1. The Balaban J connectivity index is 2.94. The molecule has 0 saturated carbocycles. The highest BCUT2D eigenvalue weighted by Gasteiger charge is 2.27. The Morgan fingerprint density at radius 1 is 1.47 bits per heavy atom. The first-order valence-electron chi connectivity index (χ1n) is 5.51. The van der Waals surface area contributed by atoms with Gasteiger partial charge in [0.25, 0.3) is 5.91 Å². The second-order valence-electron chi connectivity index (χ2n) is 4.84. The van der Waals surface area contributed by atoms with Crippen LogP contribution in [0.4, 0.5) is 4.39 Å². The van der Waals surface area contributed by atoms with Crippen molar-refractivity contribution in [3.63, 3.8) is 0 Å². The van der Waals surface area contributed by atoms with E-state index in [1.54, 1.807) is 33.8 Å². The van der Waals surface area contributed by atoms with E-state index in [1.165, 1.54) is 12.1 Å². The molecular weight excluding hydrogens is 221 g/mol. The van der Waals surface area contributed by atoms with Crippen LogP contribution >= 0.6 is 0 Å². The molecule has 1 amide bonds. The van der Waals surface area contributed by atoms with Gasteiger partial charge in [0.1, 0.15) is 5.82 Å². The van der Waals surface area contributed by atoms with Crippen LogP contribution in [0.3, 0.4) is 0 Å². The molecule has 0 bridgehead atoms. The van der Waals surface area contributed by atoms with Crippen LogP contribution in [0.5, 0.6) is 0 Å². The summed E-state index contributed by atoms with van der Waals surface area (Å²) in [5.74, 6) is -1.08. The second kappa shape index (κ2) is 4.84. The van der Waals surface area contributed by atoms with E-state index in [0.717, 1.165) is 5.56 Å². The molecule has 0 aliphatic rings. The summed E-state index contributed by atoms with van der Waals surface area (Å²) in [5, 5.41) is 12.1. The van der Waals surface area contributed by atoms with E-state index < -0.39 is 23.4 Å². The van der Waals surface area contributed by atoms with Gasteiger partial charge in [0, 0.05) is 0 Å². The first-order chi connectivity index (χ1) is 7.74. The molecule has 0 aliphatic heterocycles. The normalized spacial score (nSPS) is 13.3. The molecule has 1 atom stereocenters. The Morgan fingerprint density at radius 3 is 2.59 bits per heavy atom. The number of rotatable bonds is 3. The molecule has 0 fully saturated rings. The fraction of sp³-hybridized carbons (Fsp3) is 0.462. The molecule has 4 heteroatoms. The minimum atomic E-state index is -0.798. The van der Waals surface area contributed by atoms with Gasteiger partial charge in [0.05, 0.1) is 17.2 Å². The molecule has 0 heterocycles. The van der Waals surface area contributed by atoms with Crippen molar-refractivity contribution >= 4 is 5.91 Å². The molecule has 3 nitrogen and oxygen atoms in total. The third kappa shape index (κ3) is 3.27. The maximum atomic E-state index is 13.5. The Labute approximate surface area is 101 Å². The van der Waals surface area contributed by atoms with E-state index >= 15 is 0 Å². The highest BCUT2D eigenvalue weighted by atomic mass is 19.1. The summed E-state index contributed by atoms with van der Waals surface area (Å²) in [6, 6.07) is 4.36. The van der Waals surface area contributed by atoms with Crippen molar-refractivity contribution in [3.8, 4) is 0 Å². The van der Waals surface area contributed by atoms with Gasteiger partial charge in [-0.25, -0.2) is 4.39 Å². The van der Waals surface area contributed by atoms with Gasteiger partial charge < -0.3 is 10.4 Å². The van der Waals surface area contributed by atoms with E-state index in [-0.39, 0.29) is 5.56 Å². The van der Waals surface area contributed by atoms with Gasteiger partial charge in [-0.2, -0.15) is 0 Å². The molecule has 0 aliphatic carbocycles. The molecule has 1 unspecified atom stereocenters. The summed E-state index contributed by atoms with van der Waals surface area (Å²) in [6.07, 6.45) is -0.723. The Kier molecular flexibility index (Phi) is 3.88. The highest BCUT2D eigenvalue weighted by Crippen LogP contribution is 2.14. The van der Waals surface area contributed by atoms with Crippen molar-refractivity contribution in [1.82, 2.24) is 5.32 Å². The SMILES string of the molecule is Cc1ccc(F)c(C(=O)NC(C)(C)C(C)O)c1. The lowest BCUT2D eigenvalue weighted by Crippen LogP contribution is -2.51. The van der Waals surface area contributed by atoms with Crippen LogP contribution in [-0.2, 0) is 0 Å². The van der Waals surface area contributed by atoms with E-state index in [2.05, 4.69) is 5.32 Å². The zero-order valence-electron chi connectivity index (χ0n) is 10.5. The first-order valence-corrected chi connectivity index (χ1v) is 5.51. The number of nitrogens with one attached hydrogen (secondary N) is 1. The standard InChI is InChI=1S/C13H18FNO2/c1-8-5-6-11(14)10(7-8)12(17)15-13(3,4)9(2)16/h5-7,9,16H,1-4H3,(H,15,17). The van der Waals surface area contributed by atoms with E-state index in [0.29, 0.717) is 0 Å². The number of benzene rings is 1. The molecule has 94 valence electrons. The first kappa shape index (κ1) is 13.6. The largest absolute Gasteiger partial charge is 0.391 e. The third-order valence-electron chi connectivity index (χ3n) is 2.85. The lowest BCUT2D eigenvalue weighted by molar-refractivity contribution is 0.0706. The predicted molar refractivity (Wildman–Crippen MR) is 64.4 cm³/mol. The summed E-state index contributed by atoms with van der Waals surface area (Å²) in [4.78, 5) is 11.9. The zero-order valence-corrected chi connectivity index (χ0v) is 10.5. The number of carbonyl (C=O) groups excluding carboxylic acids is 1. The summed E-state index contributed by atoms with van der Waals surface area (Å²) < 4.78 is 13.5. The monoisotopic (exact) mass is 239 g/mol. The molecule has 0 spiro atoms. The van der Waals surface area contributed by atoms with Crippen LogP contribution in [-0.4, -0.2) is 22.7 Å². The van der Waals surface area contributed by atoms with Gasteiger partial charge in [-0.15, -0.1) is 0 Å². The van der Waals surface area contributed by atoms with Gasteiger partial charge in [-0.05, 0) is 39.8 Å². The molecule has 1 rings (SSSR count).